The summed E-state index contributed by atoms with van der Waals surface area (Å²) in [7, 11) is -1.39. The number of benzene rings is 1. The number of hydrogen-bond acceptors (Lipinski definition) is 4. The summed E-state index contributed by atoms with van der Waals surface area (Å²) in [4.78, 5) is 2.44. The molecule has 0 unspecified atom stereocenters. The van der Waals surface area contributed by atoms with Crippen molar-refractivity contribution in [1.29, 1.82) is 0 Å². The molecule has 1 fully saturated rings. The summed E-state index contributed by atoms with van der Waals surface area (Å²) in [5.74, 6) is 5.62. The first kappa shape index (κ1) is 15.0. The number of nitrogens with zero attached hydrogens (tertiary/aromatic N) is 2. The van der Waals surface area contributed by atoms with E-state index in [9.17, 15) is 8.42 Å². The largest absolute Gasteiger partial charge is 0.320 e. The van der Waals surface area contributed by atoms with E-state index in [0.717, 1.165) is 18.7 Å². The summed E-state index contributed by atoms with van der Waals surface area (Å²) < 4.78 is 26.5. The van der Waals surface area contributed by atoms with Gasteiger partial charge in [0.05, 0.1) is 11.4 Å². The first-order valence-corrected chi connectivity index (χ1v) is 7.96. The number of likely N-dealkylation sites (N-methyl/N-ethyl adjacent to an activating group) is 1. The zero-order valence-corrected chi connectivity index (χ0v) is 12.4. The second-order valence-corrected chi connectivity index (χ2v) is 6.68. The van der Waals surface area contributed by atoms with Gasteiger partial charge in [-0.25, -0.2) is 8.42 Å². The molecule has 0 amide bonds. The van der Waals surface area contributed by atoms with Crippen LogP contribution in [0.1, 0.15) is 5.56 Å². The molecule has 0 aromatic heterocycles. The van der Waals surface area contributed by atoms with E-state index < -0.39 is 10.0 Å². The van der Waals surface area contributed by atoms with Crippen LogP contribution in [0, 0.1) is 11.8 Å². The van der Waals surface area contributed by atoms with E-state index >= 15 is 0 Å². The molecule has 6 heteroatoms. The van der Waals surface area contributed by atoms with Gasteiger partial charge in [0.1, 0.15) is 0 Å². The average Bonchev–Trinajstić information content (AvgIpc) is 2.46. The van der Waals surface area contributed by atoms with E-state index in [-0.39, 0.29) is 0 Å². The van der Waals surface area contributed by atoms with Crippen LogP contribution in [0.3, 0.4) is 0 Å². The Morgan fingerprint density at radius 3 is 2.30 bits per heavy atom. The Labute approximate surface area is 120 Å². The fourth-order valence-electron chi connectivity index (χ4n) is 2.04. The lowest BCUT2D eigenvalue weighted by atomic mass is 10.2. The third-order valence-electron chi connectivity index (χ3n) is 3.29. The van der Waals surface area contributed by atoms with Gasteiger partial charge in [-0.15, -0.1) is 0 Å². The Morgan fingerprint density at radius 2 is 1.75 bits per heavy atom. The fraction of sp³-hybridized carbons (Fsp3) is 0.429. The smallest absolute Gasteiger partial charge is 0.243 e. The van der Waals surface area contributed by atoms with Crippen LogP contribution < -0.4 is 5.73 Å². The molecule has 1 saturated heterocycles. The van der Waals surface area contributed by atoms with Gasteiger partial charge < -0.3 is 10.6 Å². The molecule has 1 aliphatic heterocycles. The molecule has 5 nitrogen and oxygen atoms in total. The molecule has 0 aliphatic carbocycles. The number of piperazine rings is 1. The molecule has 0 saturated carbocycles. The minimum Gasteiger partial charge on any atom is -0.320 e. The zero-order chi connectivity index (χ0) is 14.6. The molecule has 2 rings (SSSR count). The van der Waals surface area contributed by atoms with Gasteiger partial charge in [-0.2, -0.15) is 4.31 Å². The van der Waals surface area contributed by atoms with Gasteiger partial charge in [0.25, 0.3) is 0 Å². The maximum absolute atomic E-state index is 12.5. The highest BCUT2D eigenvalue weighted by Crippen LogP contribution is 2.17. The standard InChI is InChI=1S/C14H19N3O2S/c1-16-9-11-17(12-10-16)20(18,19)14-6-4-13(5-7-14)3-2-8-15/h4-7H,8-12,15H2,1H3. The van der Waals surface area contributed by atoms with E-state index in [1.54, 1.807) is 24.3 Å². The quantitative estimate of drug-likeness (QED) is 0.775. The van der Waals surface area contributed by atoms with E-state index in [1.807, 2.05) is 7.05 Å². The monoisotopic (exact) mass is 293 g/mol. The fourth-order valence-corrected chi connectivity index (χ4v) is 3.46. The predicted molar refractivity (Wildman–Crippen MR) is 78.6 cm³/mol. The highest BCUT2D eigenvalue weighted by molar-refractivity contribution is 7.89. The first-order valence-electron chi connectivity index (χ1n) is 6.52. The first-order chi connectivity index (χ1) is 9.54. The SMILES string of the molecule is CN1CCN(S(=O)(=O)c2ccc(C#CCN)cc2)CC1. The van der Waals surface area contributed by atoms with Crippen LogP contribution in [0.2, 0.25) is 0 Å². The van der Waals surface area contributed by atoms with Crippen LogP contribution in [0.15, 0.2) is 29.2 Å². The normalized spacial score (nSPS) is 17.5. The predicted octanol–water partition coefficient (Wildman–Crippen LogP) is -0.0671. The molecule has 1 heterocycles. The van der Waals surface area contributed by atoms with Crippen molar-refractivity contribution in [3.8, 4) is 11.8 Å². The van der Waals surface area contributed by atoms with Gasteiger partial charge in [0.2, 0.25) is 10.0 Å². The van der Waals surface area contributed by atoms with Crippen molar-refractivity contribution < 1.29 is 8.42 Å². The highest BCUT2D eigenvalue weighted by Gasteiger charge is 2.27. The lowest BCUT2D eigenvalue weighted by molar-refractivity contribution is 0.222. The Hall–Kier alpha value is -1.39. The number of nitrogens with two attached hydrogens (primary N) is 1. The number of rotatable bonds is 2. The summed E-state index contributed by atoms with van der Waals surface area (Å²) in [6.45, 7) is 2.89. The third-order valence-corrected chi connectivity index (χ3v) is 5.20. The van der Waals surface area contributed by atoms with Gasteiger partial charge in [-0.05, 0) is 31.3 Å². The molecule has 20 heavy (non-hydrogen) atoms. The van der Waals surface area contributed by atoms with Gasteiger partial charge in [0.15, 0.2) is 0 Å². The lowest BCUT2D eigenvalue weighted by Crippen LogP contribution is -2.46. The molecule has 0 bridgehead atoms. The van der Waals surface area contributed by atoms with E-state index in [0.29, 0.717) is 24.5 Å². The Morgan fingerprint density at radius 1 is 1.15 bits per heavy atom. The maximum Gasteiger partial charge on any atom is 0.243 e. The Kier molecular flexibility index (Phi) is 4.78. The van der Waals surface area contributed by atoms with Crippen LogP contribution in [-0.2, 0) is 10.0 Å². The van der Waals surface area contributed by atoms with Gasteiger partial charge in [0, 0.05) is 31.7 Å². The summed E-state index contributed by atoms with van der Waals surface area (Å²) in [6.07, 6.45) is 0. The lowest BCUT2D eigenvalue weighted by Gasteiger charge is -2.31. The number of sulfonamides is 1. The average molecular weight is 293 g/mol. The molecule has 0 spiro atoms. The van der Waals surface area contributed by atoms with Crippen LogP contribution in [0.5, 0.6) is 0 Å². The van der Waals surface area contributed by atoms with Crippen molar-refractivity contribution in [2.45, 2.75) is 4.90 Å². The van der Waals surface area contributed by atoms with Crippen molar-refractivity contribution in [3.05, 3.63) is 29.8 Å². The molecule has 0 radical (unpaired) electrons. The van der Waals surface area contributed by atoms with Gasteiger partial charge in [-0.1, -0.05) is 11.8 Å². The van der Waals surface area contributed by atoms with Crippen LogP contribution in [0.25, 0.3) is 0 Å². The zero-order valence-electron chi connectivity index (χ0n) is 11.5. The van der Waals surface area contributed by atoms with E-state index in [2.05, 4.69) is 16.7 Å². The Balaban J connectivity index is 2.17. The van der Waals surface area contributed by atoms with Crippen LogP contribution >= 0.6 is 0 Å². The second-order valence-electron chi connectivity index (χ2n) is 4.74. The van der Waals surface area contributed by atoms with Gasteiger partial charge in [-0.3, -0.25) is 0 Å². The van der Waals surface area contributed by atoms with Crippen LogP contribution in [-0.4, -0.2) is 57.4 Å². The van der Waals surface area contributed by atoms with Crippen molar-refractivity contribution in [3.63, 3.8) is 0 Å². The second kappa shape index (κ2) is 6.37. The summed E-state index contributed by atoms with van der Waals surface area (Å²) in [5.41, 5.74) is 6.08. The summed E-state index contributed by atoms with van der Waals surface area (Å²) >= 11 is 0. The molecule has 2 N–H and O–H groups in total. The molecular formula is C14H19N3O2S. The minimum absolute atomic E-state index is 0.293. The van der Waals surface area contributed by atoms with E-state index in [4.69, 9.17) is 5.73 Å². The molecule has 1 aliphatic rings. The maximum atomic E-state index is 12.5. The molecule has 0 atom stereocenters. The molecule has 1 aromatic rings. The van der Waals surface area contributed by atoms with Crippen molar-refractivity contribution in [1.82, 2.24) is 9.21 Å². The number of hydrogen-bond donors (Lipinski definition) is 1. The molecular weight excluding hydrogens is 274 g/mol. The molecule has 1 aromatic carbocycles. The van der Waals surface area contributed by atoms with E-state index in [1.165, 1.54) is 4.31 Å². The van der Waals surface area contributed by atoms with Gasteiger partial charge >= 0.3 is 0 Å². The summed E-state index contributed by atoms with van der Waals surface area (Å²) in [6, 6.07) is 6.64. The van der Waals surface area contributed by atoms with Crippen molar-refractivity contribution >= 4 is 10.0 Å². The van der Waals surface area contributed by atoms with Crippen molar-refractivity contribution in [2.75, 3.05) is 39.8 Å². The third kappa shape index (κ3) is 3.38. The minimum atomic E-state index is -3.39. The summed E-state index contributed by atoms with van der Waals surface area (Å²) in [5, 5.41) is 0. The Bertz CT molecular complexity index is 606. The van der Waals surface area contributed by atoms with Crippen molar-refractivity contribution in [2.24, 2.45) is 5.73 Å². The highest BCUT2D eigenvalue weighted by atomic mass is 32.2. The van der Waals surface area contributed by atoms with Crippen LogP contribution in [0.4, 0.5) is 0 Å². The molecule has 108 valence electrons. The topological polar surface area (TPSA) is 66.6 Å².